The van der Waals surface area contributed by atoms with Gasteiger partial charge in [0.25, 0.3) is 0 Å². The maximum Gasteiger partial charge on any atom is 3.00 e. The molecule has 0 unspecified atom stereocenters. The van der Waals surface area contributed by atoms with Gasteiger partial charge in [-0.05, 0) is 0 Å². The van der Waals surface area contributed by atoms with Crippen LogP contribution < -0.4 is 0 Å². The van der Waals surface area contributed by atoms with Crippen molar-refractivity contribution < 1.29 is 104 Å². The molecule has 0 fully saturated rings. The number of hydrogen-bond donors (Lipinski definition) is 0. The molecule has 0 rings (SSSR count). The van der Waals surface area contributed by atoms with Crippen molar-refractivity contribution in [3.63, 3.8) is 0 Å². The molecule has 0 saturated heterocycles. The number of rotatable bonds is 0. The van der Waals surface area contributed by atoms with Crippen LogP contribution in [0.1, 0.15) is 0 Å². The van der Waals surface area contributed by atoms with Gasteiger partial charge in [-0.3, -0.25) is 0 Å². The van der Waals surface area contributed by atoms with Gasteiger partial charge in [-0.15, -0.1) is 0 Å². The van der Waals surface area contributed by atoms with Crippen LogP contribution in [0, 0.1) is 0 Å². The molecule has 0 N–H and O–H groups in total. The molecule has 0 saturated carbocycles. The summed E-state index contributed by atoms with van der Waals surface area (Å²) in [6.07, 6.45) is 0. The molecular formula is C3F9HfO9S3. The molecule has 0 aliphatic heterocycles. The third kappa shape index (κ3) is 15.9. The van der Waals surface area contributed by atoms with Gasteiger partial charge in [-0.1, -0.05) is 0 Å². The second-order valence-electron chi connectivity index (χ2n) is 2.70. The van der Waals surface area contributed by atoms with E-state index in [0.717, 1.165) is 0 Å². The standard InChI is InChI=1S/3CHF3O3S.Hf/c3*2-1(3,4)8(5,6)7;/h3*(H,5,6,7);/q;;;+3/p-3. The molecule has 0 atom stereocenters. The van der Waals surface area contributed by atoms with Crippen molar-refractivity contribution in [3.8, 4) is 0 Å². The van der Waals surface area contributed by atoms with Gasteiger partial charge in [0.15, 0.2) is 30.4 Å². The number of halogens is 9. The Balaban J connectivity index is -0.000000130. The summed E-state index contributed by atoms with van der Waals surface area (Å²) < 4.78 is 177. The van der Waals surface area contributed by atoms with Crippen LogP contribution in [0.15, 0.2) is 0 Å². The Morgan fingerprint density at radius 1 is 0.440 bits per heavy atom. The summed E-state index contributed by atoms with van der Waals surface area (Å²) in [7, 11) is -18.3. The maximum absolute atomic E-state index is 10.7. The van der Waals surface area contributed by atoms with Gasteiger partial charge in [0.1, 0.15) is 0 Å². The monoisotopic (exact) mass is 627 g/mol. The first-order chi connectivity index (χ1) is 9.75. The van der Waals surface area contributed by atoms with E-state index >= 15 is 0 Å². The van der Waals surface area contributed by atoms with Crippen LogP contribution >= 0.6 is 0 Å². The molecule has 0 aliphatic carbocycles. The molecule has 151 valence electrons. The first kappa shape index (κ1) is 32.6. The zero-order valence-corrected chi connectivity index (χ0v) is 16.3. The summed E-state index contributed by atoms with van der Waals surface area (Å²) in [6, 6.07) is 0. The largest absolute Gasteiger partial charge is 3.00 e. The Morgan fingerprint density at radius 2 is 0.480 bits per heavy atom. The van der Waals surface area contributed by atoms with Gasteiger partial charge in [0.05, 0.1) is 0 Å². The normalized spacial score (nSPS) is 13.4. The van der Waals surface area contributed by atoms with E-state index in [4.69, 9.17) is 38.9 Å². The molecule has 9 nitrogen and oxygen atoms in total. The summed E-state index contributed by atoms with van der Waals surface area (Å²) in [4.78, 5) is 0. The van der Waals surface area contributed by atoms with Gasteiger partial charge < -0.3 is 13.7 Å². The van der Waals surface area contributed by atoms with Gasteiger partial charge in [-0.25, -0.2) is 25.3 Å². The summed E-state index contributed by atoms with van der Waals surface area (Å²) >= 11 is 0. The van der Waals surface area contributed by atoms with Crippen molar-refractivity contribution in [2.45, 2.75) is 16.5 Å². The van der Waals surface area contributed by atoms with Gasteiger partial charge in [0.2, 0.25) is 0 Å². The summed E-state index contributed by atoms with van der Waals surface area (Å²) in [5.41, 5.74) is -16.9. The Morgan fingerprint density at radius 3 is 0.480 bits per heavy atom. The Bertz CT molecular complexity index is 596. The van der Waals surface area contributed by atoms with E-state index in [-0.39, 0.29) is 25.8 Å². The fraction of sp³-hybridized carbons (Fsp3) is 1.00. The smallest absolute Gasteiger partial charge is 0.741 e. The van der Waals surface area contributed by atoms with Crippen LogP contribution in [0.4, 0.5) is 39.5 Å². The van der Waals surface area contributed by atoms with Crippen LogP contribution in [0.25, 0.3) is 0 Å². The summed E-state index contributed by atoms with van der Waals surface area (Å²) in [5, 5.41) is 0. The Labute approximate surface area is 151 Å². The summed E-state index contributed by atoms with van der Waals surface area (Å²) in [6.45, 7) is 0. The molecular weight excluding hydrogens is 626 g/mol. The van der Waals surface area contributed by atoms with Crippen molar-refractivity contribution in [2.24, 2.45) is 0 Å². The molecule has 0 aromatic rings. The van der Waals surface area contributed by atoms with Crippen LogP contribution in [-0.4, -0.2) is 55.4 Å². The predicted molar refractivity (Wildman–Crippen MR) is 47.3 cm³/mol. The van der Waals surface area contributed by atoms with E-state index in [2.05, 4.69) is 0 Å². The maximum atomic E-state index is 10.7. The molecule has 0 bridgehead atoms. The first-order valence-electron chi connectivity index (χ1n) is 3.81. The molecule has 0 heterocycles. The minimum absolute atomic E-state index is 0. The fourth-order valence-corrected chi connectivity index (χ4v) is 0. The SMILES string of the molecule is O=S(=O)([O-])C(F)(F)F.O=S(=O)([O-])C(F)(F)F.O=S(=O)([O-])C(F)(F)F.[Hf+3]. The molecule has 1 radical (unpaired) electrons. The molecule has 0 aliphatic rings. The zero-order valence-electron chi connectivity index (χ0n) is 10.3. The van der Waals surface area contributed by atoms with Crippen molar-refractivity contribution in [1.29, 1.82) is 0 Å². The first-order valence-corrected chi connectivity index (χ1v) is 8.04. The van der Waals surface area contributed by atoms with Gasteiger partial charge in [-0.2, -0.15) is 39.5 Å². The third-order valence-electron chi connectivity index (χ3n) is 0.850. The summed E-state index contributed by atoms with van der Waals surface area (Å²) in [5.74, 6) is 0. The van der Waals surface area contributed by atoms with E-state index < -0.39 is 46.9 Å². The van der Waals surface area contributed by atoms with Gasteiger partial charge in [0, 0.05) is 0 Å². The quantitative estimate of drug-likeness (QED) is 0.157. The molecule has 25 heavy (non-hydrogen) atoms. The molecule has 0 aromatic heterocycles. The topological polar surface area (TPSA) is 172 Å². The van der Waals surface area contributed by atoms with E-state index in [1.807, 2.05) is 0 Å². The van der Waals surface area contributed by atoms with Gasteiger partial charge >= 0.3 is 42.4 Å². The van der Waals surface area contributed by atoms with E-state index in [1.54, 1.807) is 0 Å². The van der Waals surface area contributed by atoms with Crippen LogP contribution in [-0.2, 0) is 56.2 Å². The van der Waals surface area contributed by atoms with Crippen LogP contribution in [0.2, 0.25) is 0 Å². The second kappa shape index (κ2) is 9.77. The average molecular weight is 626 g/mol. The van der Waals surface area contributed by atoms with Crippen LogP contribution in [0.5, 0.6) is 0 Å². The van der Waals surface area contributed by atoms with E-state index in [9.17, 15) is 39.5 Å². The third-order valence-corrected chi connectivity index (χ3v) is 2.55. The minimum atomic E-state index is -6.09. The molecule has 22 heteroatoms. The van der Waals surface area contributed by atoms with Crippen molar-refractivity contribution in [2.75, 3.05) is 0 Å². The Kier molecular flexibility index (Phi) is 12.8. The second-order valence-corrected chi connectivity index (χ2v) is 6.81. The Hall–Kier alpha value is -0.0299. The van der Waals surface area contributed by atoms with Crippen molar-refractivity contribution in [3.05, 3.63) is 0 Å². The predicted octanol–water partition coefficient (Wildman–Crippen LogP) is 0.152. The minimum Gasteiger partial charge on any atom is -0.741 e. The molecule has 0 aromatic carbocycles. The number of hydrogen-bond acceptors (Lipinski definition) is 9. The molecule has 0 spiro atoms. The fourth-order valence-electron chi connectivity index (χ4n) is 0. The van der Waals surface area contributed by atoms with Crippen molar-refractivity contribution in [1.82, 2.24) is 0 Å². The average Bonchev–Trinajstić information content (AvgIpc) is 2.08. The van der Waals surface area contributed by atoms with Crippen LogP contribution in [0.3, 0.4) is 0 Å². The molecule has 0 amide bonds. The number of alkyl halides is 9. The van der Waals surface area contributed by atoms with E-state index in [1.165, 1.54) is 0 Å². The van der Waals surface area contributed by atoms with Crippen molar-refractivity contribution >= 4 is 30.4 Å². The van der Waals surface area contributed by atoms with E-state index in [0.29, 0.717) is 0 Å². The zero-order chi connectivity index (χ0) is 21.0.